The maximum atomic E-state index is 6.17. The molecule has 0 amide bonds. The second kappa shape index (κ2) is 6.94. The summed E-state index contributed by atoms with van der Waals surface area (Å²) in [5.41, 5.74) is 2.04. The molecule has 1 aromatic carbocycles. The first-order chi connectivity index (χ1) is 10.3. The van der Waals surface area contributed by atoms with Crippen LogP contribution >= 0.6 is 11.6 Å². The first-order valence-electron chi connectivity index (χ1n) is 7.74. The van der Waals surface area contributed by atoms with Crippen LogP contribution in [0.4, 0.5) is 5.69 Å². The van der Waals surface area contributed by atoms with Gasteiger partial charge in [-0.2, -0.15) is 5.10 Å². The van der Waals surface area contributed by atoms with Crippen molar-refractivity contribution in [1.82, 2.24) is 14.8 Å². The largest absolute Gasteiger partial charge is 0.381 e. The van der Waals surface area contributed by atoms with Crippen molar-refractivity contribution >= 4 is 17.3 Å². The summed E-state index contributed by atoms with van der Waals surface area (Å²) in [5.74, 6) is 0. The van der Waals surface area contributed by atoms with Gasteiger partial charge in [-0.05, 0) is 31.0 Å². The number of benzene rings is 1. The second-order valence-corrected chi connectivity index (χ2v) is 6.12. The normalized spacial score (nSPS) is 17.2. The zero-order valence-electron chi connectivity index (χ0n) is 12.1. The smallest absolute Gasteiger partial charge is 0.138 e. The molecule has 1 aliphatic rings. The molecule has 0 spiro atoms. The maximum absolute atomic E-state index is 6.17. The Morgan fingerprint density at radius 3 is 2.57 bits per heavy atom. The molecule has 0 bridgehead atoms. The molecular formula is C16H21ClN4. The minimum absolute atomic E-state index is 0.519. The molecule has 0 atom stereocenters. The Morgan fingerprint density at radius 1 is 1.10 bits per heavy atom. The topological polar surface area (TPSA) is 42.7 Å². The van der Waals surface area contributed by atoms with Gasteiger partial charge in [0.2, 0.25) is 0 Å². The van der Waals surface area contributed by atoms with Gasteiger partial charge in [-0.25, -0.2) is 9.67 Å². The third-order valence-electron chi connectivity index (χ3n) is 4.09. The van der Waals surface area contributed by atoms with Crippen molar-refractivity contribution < 1.29 is 0 Å². The van der Waals surface area contributed by atoms with Gasteiger partial charge in [0.05, 0.1) is 11.4 Å². The molecule has 0 unspecified atom stereocenters. The zero-order valence-corrected chi connectivity index (χ0v) is 12.9. The van der Waals surface area contributed by atoms with E-state index in [1.54, 1.807) is 17.3 Å². The van der Waals surface area contributed by atoms with Crippen LogP contribution in [0, 0.1) is 0 Å². The van der Waals surface area contributed by atoms with E-state index in [1.807, 2.05) is 18.2 Å². The molecule has 0 radical (unpaired) electrons. The van der Waals surface area contributed by atoms with Crippen molar-refractivity contribution in [2.75, 3.05) is 5.32 Å². The van der Waals surface area contributed by atoms with Gasteiger partial charge < -0.3 is 5.32 Å². The molecule has 2 aromatic rings. The lowest BCUT2D eigenvalue weighted by molar-refractivity contribution is 0.471. The van der Waals surface area contributed by atoms with Crippen LogP contribution in [0.25, 0.3) is 5.69 Å². The van der Waals surface area contributed by atoms with Gasteiger partial charge in [0.1, 0.15) is 12.7 Å². The Morgan fingerprint density at radius 2 is 1.86 bits per heavy atom. The van der Waals surface area contributed by atoms with Crippen LogP contribution < -0.4 is 5.32 Å². The Kier molecular flexibility index (Phi) is 4.76. The van der Waals surface area contributed by atoms with Crippen molar-refractivity contribution in [3.63, 3.8) is 0 Å². The molecule has 0 aliphatic heterocycles. The van der Waals surface area contributed by atoms with Gasteiger partial charge in [0.25, 0.3) is 0 Å². The Bertz CT molecular complexity index is 560. The summed E-state index contributed by atoms with van der Waals surface area (Å²) < 4.78 is 1.78. The van der Waals surface area contributed by atoms with Crippen molar-refractivity contribution in [3.05, 3.63) is 35.9 Å². The fourth-order valence-corrected chi connectivity index (χ4v) is 3.15. The SMILES string of the molecule is Clc1ccc(-n2cncn2)c(NC2CCCCCCC2)c1. The average Bonchev–Trinajstić information content (AvgIpc) is 2.96. The van der Waals surface area contributed by atoms with E-state index in [4.69, 9.17) is 11.6 Å². The van der Waals surface area contributed by atoms with E-state index in [9.17, 15) is 0 Å². The van der Waals surface area contributed by atoms with E-state index in [2.05, 4.69) is 15.4 Å². The van der Waals surface area contributed by atoms with E-state index in [1.165, 1.54) is 44.9 Å². The molecule has 1 saturated carbocycles. The molecule has 5 heteroatoms. The standard InChI is InChI=1S/C16H21ClN4/c17-13-8-9-16(21-12-18-11-19-21)15(10-13)20-14-6-4-2-1-3-5-7-14/h8-12,14,20H,1-7H2. The molecule has 1 aromatic heterocycles. The van der Waals surface area contributed by atoms with E-state index >= 15 is 0 Å². The lowest BCUT2D eigenvalue weighted by Gasteiger charge is -2.23. The average molecular weight is 305 g/mol. The van der Waals surface area contributed by atoms with Gasteiger partial charge in [-0.1, -0.05) is 43.7 Å². The maximum Gasteiger partial charge on any atom is 0.138 e. The van der Waals surface area contributed by atoms with Crippen LogP contribution in [0.2, 0.25) is 5.02 Å². The second-order valence-electron chi connectivity index (χ2n) is 5.69. The number of nitrogens with one attached hydrogen (secondary N) is 1. The van der Waals surface area contributed by atoms with Gasteiger partial charge in [0, 0.05) is 11.1 Å². The van der Waals surface area contributed by atoms with Gasteiger partial charge in [-0.15, -0.1) is 0 Å². The molecule has 1 heterocycles. The summed E-state index contributed by atoms with van der Waals surface area (Å²) in [7, 11) is 0. The third-order valence-corrected chi connectivity index (χ3v) is 4.32. The number of rotatable bonds is 3. The molecule has 0 saturated heterocycles. The minimum atomic E-state index is 0.519. The lowest BCUT2D eigenvalue weighted by Crippen LogP contribution is -2.21. The number of hydrogen-bond acceptors (Lipinski definition) is 3. The highest BCUT2D eigenvalue weighted by molar-refractivity contribution is 6.31. The molecular weight excluding hydrogens is 284 g/mol. The molecule has 21 heavy (non-hydrogen) atoms. The quantitative estimate of drug-likeness (QED) is 0.911. The summed E-state index contributed by atoms with van der Waals surface area (Å²) in [6.07, 6.45) is 12.4. The summed E-state index contributed by atoms with van der Waals surface area (Å²) in [6, 6.07) is 6.38. The fourth-order valence-electron chi connectivity index (χ4n) is 2.98. The van der Waals surface area contributed by atoms with Crippen LogP contribution in [0.1, 0.15) is 44.9 Å². The van der Waals surface area contributed by atoms with E-state index in [0.29, 0.717) is 6.04 Å². The van der Waals surface area contributed by atoms with Crippen LogP contribution in [-0.4, -0.2) is 20.8 Å². The fraction of sp³-hybridized carbons (Fsp3) is 0.500. The lowest BCUT2D eigenvalue weighted by atomic mass is 9.96. The molecule has 3 rings (SSSR count). The molecule has 1 fully saturated rings. The van der Waals surface area contributed by atoms with Crippen molar-refractivity contribution in [2.24, 2.45) is 0 Å². The third kappa shape index (κ3) is 3.76. The van der Waals surface area contributed by atoms with Crippen molar-refractivity contribution in [2.45, 2.75) is 51.0 Å². The van der Waals surface area contributed by atoms with Crippen LogP contribution in [0.15, 0.2) is 30.9 Å². The number of nitrogens with zero attached hydrogens (tertiary/aromatic N) is 3. The summed E-state index contributed by atoms with van der Waals surface area (Å²) in [6.45, 7) is 0. The highest BCUT2D eigenvalue weighted by atomic mass is 35.5. The van der Waals surface area contributed by atoms with Crippen LogP contribution in [-0.2, 0) is 0 Å². The molecule has 1 aliphatic carbocycles. The molecule has 112 valence electrons. The van der Waals surface area contributed by atoms with Crippen LogP contribution in [0.3, 0.4) is 0 Å². The zero-order chi connectivity index (χ0) is 14.5. The van der Waals surface area contributed by atoms with Gasteiger partial charge >= 0.3 is 0 Å². The first kappa shape index (κ1) is 14.4. The first-order valence-corrected chi connectivity index (χ1v) is 8.12. The van der Waals surface area contributed by atoms with Crippen molar-refractivity contribution in [1.29, 1.82) is 0 Å². The number of aromatic nitrogens is 3. The Labute approximate surface area is 130 Å². The monoisotopic (exact) mass is 304 g/mol. The predicted molar refractivity (Wildman–Crippen MR) is 86.1 cm³/mol. The van der Waals surface area contributed by atoms with Crippen molar-refractivity contribution in [3.8, 4) is 5.69 Å². The van der Waals surface area contributed by atoms with Gasteiger partial charge in [0.15, 0.2) is 0 Å². The Balaban J connectivity index is 1.81. The summed E-state index contributed by atoms with van der Waals surface area (Å²) >= 11 is 6.17. The van der Waals surface area contributed by atoms with Gasteiger partial charge in [-0.3, -0.25) is 0 Å². The summed E-state index contributed by atoms with van der Waals surface area (Å²) in [4.78, 5) is 4.03. The van der Waals surface area contributed by atoms with E-state index in [-0.39, 0.29) is 0 Å². The highest BCUT2D eigenvalue weighted by Crippen LogP contribution is 2.27. The predicted octanol–water partition coefficient (Wildman–Crippen LogP) is 4.45. The number of hydrogen-bond donors (Lipinski definition) is 1. The van der Waals surface area contributed by atoms with E-state index in [0.717, 1.165) is 16.4 Å². The highest BCUT2D eigenvalue weighted by Gasteiger charge is 2.14. The Hall–Kier alpha value is -1.55. The molecule has 1 N–H and O–H groups in total. The summed E-state index contributed by atoms with van der Waals surface area (Å²) in [5, 5.41) is 8.64. The number of halogens is 1. The van der Waals surface area contributed by atoms with E-state index < -0.39 is 0 Å². The number of anilines is 1. The molecule has 4 nitrogen and oxygen atoms in total. The van der Waals surface area contributed by atoms with Crippen LogP contribution in [0.5, 0.6) is 0 Å². The minimum Gasteiger partial charge on any atom is -0.381 e.